The van der Waals surface area contributed by atoms with Crippen LogP contribution < -0.4 is 5.32 Å². The lowest BCUT2D eigenvalue weighted by Gasteiger charge is -2.20. The summed E-state index contributed by atoms with van der Waals surface area (Å²) in [7, 11) is 0. The number of aryl methyl sites for hydroxylation is 1. The van der Waals surface area contributed by atoms with Crippen molar-refractivity contribution in [3.8, 4) is 0 Å². The summed E-state index contributed by atoms with van der Waals surface area (Å²) in [4.78, 5) is 12.0. The van der Waals surface area contributed by atoms with E-state index in [0.29, 0.717) is 12.5 Å². The van der Waals surface area contributed by atoms with Crippen LogP contribution in [0.1, 0.15) is 45.4 Å². The Kier molecular flexibility index (Phi) is 6.02. The fraction of sp³-hybridized carbons (Fsp3) is 0.714. The monoisotopic (exact) mass is 267 g/mol. The molecule has 0 amide bonds. The summed E-state index contributed by atoms with van der Waals surface area (Å²) in [5.41, 5.74) is 2.10. The standard InChI is InChI=1S/C14H25N3O2/c1-9(2)6-13(14(18)19-10(3)4)15-7-12-8-16-17-11(12)5/h8-10,13,15H,6-7H2,1-5H3,(H,16,17)/t13-/m0/s1. The van der Waals surface area contributed by atoms with Gasteiger partial charge >= 0.3 is 5.97 Å². The lowest BCUT2D eigenvalue weighted by molar-refractivity contribution is -0.150. The highest BCUT2D eigenvalue weighted by molar-refractivity contribution is 5.75. The zero-order valence-corrected chi connectivity index (χ0v) is 12.5. The Bertz CT molecular complexity index is 399. The predicted molar refractivity (Wildman–Crippen MR) is 74.6 cm³/mol. The molecule has 19 heavy (non-hydrogen) atoms. The number of H-pyrrole nitrogens is 1. The van der Waals surface area contributed by atoms with E-state index in [4.69, 9.17) is 4.74 Å². The van der Waals surface area contributed by atoms with E-state index in [0.717, 1.165) is 17.7 Å². The number of esters is 1. The third kappa shape index (κ3) is 5.42. The van der Waals surface area contributed by atoms with Gasteiger partial charge in [-0.25, -0.2) is 0 Å². The van der Waals surface area contributed by atoms with Crippen molar-refractivity contribution in [3.05, 3.63) is 17.5 Å². The topological polar surface area (TPSA) is 67.0 Å². The molecule has 0 aliphatic heterocycles. The number of nitrogens with zero attached hydrogens (tertiary/aromatic N) is 1. The van der Waals surface area contributed by atoms with Gasteiger partial charge in [0.1, 0.15) is 6.04 Å². The van der Waals surface area contributed by atoms with Crippen LogP contribution in [-0.2, 0) is 16.1 Å². The van der Waals surface area contributed by atoms with Gasteiger partial charge in [-0.05, 0) is 33.1 Å². The predicted octanol–water partition coefficient (Wildman–Crippen LogP) is 2.17. The number of aromatic nitrogens is 2. The summed E-state index contributed by atoms with van der Waals surface area (Å²) in [6.07, 6.45) is 2.46. The zero-order chi connectivity index (χ0) is 14.4. The molecule has 0 radical (unpaired) electrons. The molecule has 1 aromatic rings. The first kappa shape index (κ1) is 15.7. The minimum atomic E-state index is -0.267. The summed E-state index contributed by atoms with van der Waals surface area (Å²) in [6.45, 7) is 10.5. The molecule has 0 aromatic carbocycles. The second-order valence-corrected chi connectivity index (χ2v) is 5.57. The van der Waals surface area contributed by atoms with Gasteiger partial charge in [-0.3, -0.25) is 9.89 Å². The Morgan fingerprint density at radius 3 is 2.58 bits per heavy atom. The lowest BCUT2D eigenvalue weighted by Crippen LogP contribution is -2.39. The van der Waals surface area contributed by atoms with Crippen molar-refractivity contribution in [3.63, 3.8) is 0 Å². The molecule has 0 aliphatic rings. The van der Waals surface area contributed by atoms with E-state index in [-0.39, 0.29) is 18.1 Å². The fourth-order valence-corrected chi connectivity index (χ4v) is 1.84. The van der Waals surface area contributed by atoms with E-state index >= 15 is 0 Å². The van der Waals surface area contributed by atoms with E-state index in [2.05, 4.69) is 29.4 Å². The first-order valence-corrected chi connectivity index (χ1v) is 6.82. The summed E-state index contributed by atoms with van der Waals surface area (Å²) in [6, 6.07) is -0.267. The molecule has 0 fully saturated rings. The van der Waals surface area contributed by atoms with Crippen LogP contribution in [0.25, 0.3) is 0 Å². The molecule has 0 unspecified atom stereocenters. The minimum Gasteiger partial charge on any atom is -0.462 e. The molecule has 1 aromatic heterocycles. The Morgan fingerprint density at radius 1 is 1.42 bits per heavy atom. The van der Waals surface area contributed by atoms with Gasteiger partial charge in [0, 0.05) is 17.8 Å². The first-order valence-electron chi connectivity index (χ1n) is 6.82. The number of carbonyl (C=O) groups excluding carboxylic acids is 1. The molecule has 1 heterocycles. The Morgan fingerprint density at radius 2 is 2.11 bits per heavy atom. The molecule has 0 aliphatic carbocycles. The molecule has 108 valence electrons. The Hall–Kier alpha value is -1.36. The van der Waals surface area contributed by atoms with Crippen LogP contribution in [0.3, 0.4) is 0 Å². The van der Waals surface area contributed by atoms with Crippen LogP contribution in [0.2, 0.25) is 0 Å². The molecule has 0 bridgehead atoms. The molecule has 1 rings (SSSR count). The first-order chi connectivity index (χ1) is 8.90. The summed E-state index contributed by atoms with van der Waals surface area (Å²) in [5, 5.41) is 10.1. The van der Waals surface area contributed by atoms with Gasteiger partial charge < -0.3 is 10.1 Å². The van der Waals surface area contributed by atoms with Crippen molar-refractivity contribution in [2.75, 3.05) is 0 Å². The number of ether oxygens (including phenoxy) is 1. The van der Waals surface area contributed by atoms with Crippen molar-refractivity contribution < 1.29 is 9.53 Å². The highest BCUT2D eigenvalue weighted by Gasteiger charge is 2.22. The Labute approximate surface area is 115 Å². The molecule has 0 spiro atoms. The quantitative estimate of drug-likeness (QED) is 0.743. The third-order valence-corrected chi connectivity index (χ3v) is 2.82. The van der Waals surface area contributed by atoms with Gasteiger partial charge in [-0.1, -0.05) is 13.8 Å². The van der Waals surface area contributed by atoms with Gasteiger partial charge in [0.15, 0.2) is 0 Å². The molecule has 0 saturated carbocycles. The fourth-order valence-electron chi connectivity index (χ4n) is 1.84. The number of hydrogen-bond donors (Lipinski definition) is 2. The van der Waals surface area contributed by atoms with Crippen molar-refractivity contribution >= 4 is 5.97 Å². The van der Waals surface area contributed by atoms with Crippen LogP contribution >= 0.6 is 0 Å². The molecule has 5 heteroatoms. The van der Waals surface area contributed by atoms with E-state index < -0.39 is 0 Å². The molecule has 5 nitrogen and oxygen atoms in total. The Balaban J connectivity index is 2.59. The summed E-state index contributed by atoms with van der Waals surface area (Å²) in [5.74, 6) is 0.257. The third-order valence-electron chi connectivity index (χ3n) is 2.82. The average Bonchev–Trinajstić information content (AvgIpc) is 2.68. The van der Waals surface area contributed by atoms with E-state index in [9.17, 15) is 4.79 Å². The van der Waals surface area contributed by atoms with Crippen LogP contribution in [0.5, 0.6) is 0 Å². The zero-order valence-electron chi connectivity index (χ0n) is 12.5. The van der Waals surface area contributed by atoms with Crippen LogP contribution in [0.4, 0.5) is 0 Å². The highest BCUT2D eigenvalue weighted by Crippen LogP contribution is 2.10. The van der Waals surface area contributed by atoms with Crippen molar-refractivity contribution in [1.29, 1.82) is 0 Å². The van der Waals surface area contributed by atoms with Crippen LogP contribution in [0.15, 0.2) is 6.20 Å². The maximum absolute atomic E-state index is 12.0. The SMILES string of the molecule is Cc1[nH]ncc1CN[C@@H](CC(C)C)C(=O)OC(C)C. The number of nitrogens with one attached hydrogen (secondary N) is 2. The maximum atomic E-state index is 12.0. The number of aromatic amines is 1. The molecule has 2 N–H and O–H groups in total. The summed E-state index contributed by atoms with van der Waals surface area (Å²) >= 11 is 0. The highest BCUT2D eigenvalue weighted by atomic mass is 16.5. The second-order valence-electron chi connectivity index (χ2n) is 5.57. The van der Waals surface area contributed by atoms with E-state index in [1.54, 1.807) is 6.20 Å². The van der Waals surface area contributed by atoms with E-state index in [1.807, 2.05) is 20.8 Å². The molecular formula is C14H25N3O2. The number of rotatable bonds is 7. The number of carbonyl (C=O) groups is 1. The van der Waals surface area contributed by atoms with E-state index in [1.165, 1.54) is 0 Å². The van der Waals surface area contributed by atoms with Crippen molar-refractivity contribution in [1.82, 2.24) is 15.5 Å². The normalized spacial score (nSPS) is 13.0. The van der Waals surface area contributed by atoms with Gasteiger partial charge in [0.05, 0.1) is 12.3 Å². The van der Waals surface area contributed by atoms with Gasteiger partial charge in [0.2, 0.25) is 0 Å². The summed E-state index contributed by atoms with van der Waals surface area (Å²) < 4.78 is 5.29. The molecule has 1 atom stereocenters. The van der Waals surface area contributed by atoms with Crippen molar-refractivity contribution in [2.24, 2.45) is 5.92 Å². The smallest absolute Gasteiger partial charge is 0.323 e. The molecular weight excluding hydrogens is 242 g/mol. The van der Waals surface area contributed by atoms with Gasteiger partial charge in [0.25, 0.3) is 0 Å². The van der Waals surface area contributed by atoms with Crippen LogP contribution in [0, 0.1) is 12.8 Å². The van der Waals surface area contributed by atoms with Gasteiger partial charge in [-0.2, -0.15) is 5.10 Å². The van der Waals surface area contributed by atoms with Gasteiger partial charge in [-0.15, -0.1) is 0 Å². The largest absolute Gasteiger partial charge is 0.462 e. The minimum absolute atomic E-state index is 0.0837. The van der Waals surface area contributed by atoms with Crippen LogP contribution in [-0.4, -0.2) is 28.3 Å². The maximum Gasteiger partial charge on any atom is 0.323 e. The average molecular weight is 267 g/mol. The van der Waals surface area contributed by atoms with Crippen molar-refractivity contribution in [2.45, 2.75) is 59.7 Å². The number of hydrogen-bond acceptors (Lipinski definition) is 4. The second kappa shape index (κ2) is 7.28. The molecule has 0 saturated heterocycles. The lowest BCUT2D eigenvalue weighted by atomic mass is 10.0.